The molecule has 0 aliphatic carbocycles. The molecule has 0 aliphatic rings. The normalized spacial score (nSPS) is 12.9. The largest absolute Gasteiger partial charge is 0.241 e. The van der Waals surface area contributed by atoms with Crippen molar-refractivity contribution >= 4 is 21.4 Å². The number of sulfonamides is 1. The summed E-state index contributed by atoms with van der Waals surface area (Å²) in [5.41, 5.74) is 1.14. The molecule has 0 bridgehead atoms. The van der Waals surface area contributed by atoms with Crippen LogP contribution < -0.4 is 4.72 Å². The summed E-state index contributed by atoms with van der Waals surface area (Å²) in [5, 5.41) is 8.89. The van der Waals surface area contributed by atoms with Gasteiger partial charge in [-0.3, -0.25) is 0 Å². The van der Waals surface area contributed by atoms with Crippen LogP contribution in [0.25, 0.3) is 0 Å². The van der Waals surface area contributed by atoms with Gasteiger partial charge in [0.05, 0.1) is 22.6 Å². The predicted molar refractivity (Wildman–Crippen MR) is 83.7 cm³/mol. The van der Waals surface area contributed by atoms with Gasteiger partial charge in [-0.1, -0.05) is 0 Å². The van der Waals surface area contributed by atoms with Gasteiger partial charge in [0.1, 0.15) is 0 Å². The molecule has 1 N–H and O–H groups in total. The van der Waals surface area contributed by atoms with Crippen molar-refractivity contribution in [2.24, 2.45) is 0 Å². The number of hydrogen-bond donors (Lipinski definition) is 1. The van der Waals surface area contributed by atoms with Gasteiger partial charge in [-0.25, -0.2) is 13.1 Å². The summed E-state index contributed by atoms with van der Waals surface area (Å²) in [6, 6.07) is 10.2. The van der Waals surface area contributed by atoms with Crippen LogP contribution in [-0.2, 0) is 10.0 Å². The molecule has 1 heterocycles. The Hall–Kier alpha value is -1.68. The van der Waals surface area contributed by atoms with E-state index in [9.17, 15) is 8.42 Å². The van der Waals surface area contributed by atoms with Crippen LogP contribution in [0.1, 0.15) is 33.8 Å². The smallest absolute Gasteiger partial charge is 0.207 e. The van der Waals surface area contributed by atoms with E-state index in [0.29, 0.717) is 11.1 Å². The Morgan fingerprint density at radius 2 is 1.95 bits per heavy atom. The molecule has 0 aliphatic heterocycles. The lowest BCUT2D eigenvalue weighted by Gasteiger charge is -2.13. The maximum atomic E-state index is 12.4. The molecule has 0 saturated heterocycles. The molecule has 1 atom stereocenters. The van der Waals surface area contributed by atoms with E-state index in [4.69, 9.17) is 5.26 Å². The van der Waals surface area contributed by atoms with Gasteiger partial charge in [0, 0.05) is 9.75 Å². The lowest BCUT2D eigenvalue weighted by Crippen LogP contribution is -2.26. The summed E-state index contributed by atoms with van der Waals surface area (Å²) in [6.45, 7) is 5.53. The Morgan fingerprint density at radius 1 is 1.24 bits per heavy atom. The molecule has 110 valence electrons. The number of hydrogen-bond acceptors (Lipinski definition) is 4. The predicted octanol–water partition coefficient (Wildman–Crippen LogP) is 3.28. The molecule has 0 fully saturated rings. The lowest BCUT2D eigenvalue weighted by atomic mass is 10.1. The third-order valence-electron chi connectivity index (χ3n) is 3.15. The molecule has 6 heteroatoms. The number of benzene rings is 1. The molecule has 0 amide bonds. The Kier molecular flexibility index (Phi) is 4.47. The second-order valence-corrected chi connectivity index (χ2v) is 7.91. The van der Waals surface area contributed by atoms with Crippen LogP contribution >= 0.6 is 11.3 Å². The quantitative estimate of drug-likeness (QED) is 0.940. The van der Waals surface area contributed by atoms with Crippen molar-refractivity contribution in [3.8, 4) is 6.07 Å². The minimum absolute atomic E-state index is 0.180. The zero-order valence-electron chi connectivity index (χ0n) is 12.0. The summed E-state index contributed by atoms with van der Waals surface area (Å²) < 4.78 is 27.4. The van der Waals surface area contributed by atoms with Crippen molar-refractivity contribution < 1.29 is 8.42 Å². The van der Waals surface area contributed by atoms with E-state index in [2.05, 4.69) is 4.72 Å². The van der Waals surface area contributed by atoms with E-state index in [-0.39, 0.29) is 10.9 Å². The topological polar surface area (TPSA) is 70.0 Å². The van der Waals surface area contributed by atoms with Crippen LogP contribution in [0.5, 0.6) is 0 Å². The average molecular weight is 320 g/mol. The summed E-state index contributed by atoms with van der Waals surface area (Å²) >= 11 is 1.57. The van der Waals surface area contributed by atoms with Crippen molar-refractivity contribution in [3.63, 3.8) is 0 Å². The van der Waals surface area contributed by atoms with E-state index < -0.39 is 10.0 Å². The Bertz CT molecular complexity index is 801. The molecule has 1 aromatic carbocycles. The second-order valence-electron chi connectivity index (χ2n) is 4.88. The first kappa shape index (κ1) is 15.7. The van der Waals surface area contributed by atoms with Gasteiger partial charge in [0.25, 0.3) is 0 Å². The molecule has 0 spiro atoms. The first-order chi connectivity index (χ1) is 9.83. The van der Waals surface area contributed by atoms with E-state index in [1.807, 2.05) is 32.0 Å². The third kappa shape index (κ3) is 3.50. The molecular formula is C15H16N2O2S2. The maximum absolute atomic E-state index is 12.4. The van der Waals surface area contributed by atoms with Crippen LogP contribution in [0.2, 0.25) is 0 Å². The highest BCUT2D eigenvalue weighted by Gasteiger charge is 2.19. The molecule has 0 saturated carbocycles. The molecule has 0 radical (unpaired) electrons. The fraction of sp³-hybridized carbons (Fsp3) is 0.267. The lowest BCUT2D eigenvalue weighted by molar-refractivity contribution is 0.568. The van der Waals surface area contributed by atoms with E-state index in [1.54, 1.807) is 18.3 Å². The van der Waals surface area contributed by atoms with Crippen molar-refractivity contribution in [2.45, 2.75) is 31.7 Å². The molecular weight excluding hydrogens is 304 g/mol. The number of nitrogens with zero attached hydrogens (tertiary/aromatic N) is 1. The van der Waals surface area contributed by atoms with Crippen molar-refractivity contribution in [2.75, 3.05) is 0 Å². The van der Waals surface area contributed by atoms with Crippen LogP contribution in [0.15, 0.2) is 35.2 Å². The number of nitrogens with one attached hydrogen (secondary N) is 1. The van der Waals surface area contributed by atoms with E-state index >= 15 is 0 Å². The summed E-state index contributed by atoms with van der Waals surface area (Å²) in [4.78, 5) is 2.30. The number of nitriles is 1. The van der Waals surface area contributed by atoms with Crippen molar-refractivity contribution in [1.29, 1.82) is 5.26 Å². The summed E-state index contributed by atoms with van der Waals surface area (Å²) in [7, 11) is -3.60. The van der Waals surface area contributed by atoms with Gasteiger partial charge >= 0.3 is 0 Å². The molecule has 4 nitrogen and oxygen atoms in total. The van der Waals surface area contributed by atoms with Gasteiger partial charge in [-0.15, -0.1) is 11.3 Å². The fourth-order valence-electron chi connectivity index (χ4n) is 1.97. The first-order valence-electron chi connectivity index (χ1n) is 6.43. The monoisotopic (exact) mass is 320 g/mol. The standard InChI is InChI=1S/C15H16N2O2S2/c1-10-8-14(6-5-13(10)9-16)21(18,19)17-12(3)15-7-4-11(2)20-15/h4-8,12,17H,1-3H3. The minimum Gasteiger partial charge on any atom is -0.207 e. The number of rotatable bonds is 4. The minimum atomic E-state index is -3.60. The van der Waals surface area contributed by atoms with Gasteiger partial charge < -0.3 is 0 Å². The first-order valence-corrected chi connectivity index (χ1v) is 8.73. The average Bonchev–Trinajstić information content (AvgIpc) is 2.85. The van der Waals surface area contributed by atoms with Crippen LogP contribution in [0, 0.1) is 25.2 Å². The molecule has 2 rings (SSSR count). The zero-order chi connectivity index (χ0) is 15.6. The van der Waals surface area contributed by atoms with Gasteiger partial charge in [0.15, 0.2) is 0 Å². The number of thiophene rings is 1. The van der Waals surface area contributed by atoms with Crippen molar-refractivity contribution in [3.05, 3.63) is 51.2 Å². The van der Waals surface area contributed by atoms with Gasteiger partial charge in [-0.05, 0) is 56.7 Å². The summed E-state index contributed by atoms with van der Waals surface area (Å²) in [5.74, 6) is 0. The van der Waals surface area contributed by atoms with Gasteiger partial charge in [-0.2, -0.15) is 5.26 Å². The zero-order valence-corrected chi connectivity index (χ0v) is 13.7. The highest BCUT2D eigenvalue weighted by molar-refractivity contribution is 7.89. The molecule has 21 heavy (non-hydrogen) atoms. The third-order valence-corrected chi connectivity index (χ3v) is 5.87. The summed E-state index contributed by atoms with van der Waals surface area (Å²) in [6.07, 6.45) is 0. The Labute approximate surface area is 129 Å². The van der Waals surface area contributed by atoms with Crippen LogP contribution in [0.3, 0.4) is 0 Å². The number of aryl methyl sites for hydroxylation is 2. The fourth-order valence-corrected chi connectivity index (χ4v) is 4.24. The van der Waals surface area contributed by atoms with Crippen LogP contribution in [-0.4, -0.2) is 8.42 Å². The van der Waals surface area contributed by atoms with E-state index in [1.165, 1.54) is 18.2 Å². The molecule has 1 unspecified atom stereocenters. The highest BCUT2D eigenvalue weighted by atomic mass is 32.2. The Morgan fingerprint density at radius 3 is 2.48 bits per heavy atom. The SMILES string of the molecule is Cc1ccc(C(C)NS(=O)(=O)c2ccc(C#N)c(C)c2)s1. The maximum Gasteiger partial charge on any atom is 0.241 e. The van der Waals surface area contributed by atoms with Crippen molar-refractivity contribution in [1.82, 2.24) is 4.72 Å². The van der Waals surface area contributed by atoms with E-state index in [0.717, 1.165) is 9.75 Å². The molecule has 2 aromatic rings. The van der Waals surface area contributed by atoms with Crippen LogP contribution in [0.4, 0.5) is 0 Å². The Balaban J connectivity index is 2.26. The van der Waals surface area contributed by atoms with Gasteiger partial charge in [0.2, 0.25) is 10.0 Å². The second kappa shape index (κ2) is 5.98. The highest BCUT2D eigenvalue weighted by Crippen LogP contribution is 2.24. The molecule has 1 aromatic heterocycles.